The maximum absolute atomic E-state index is 5.92. The lowest BCUT2D eigenvalue weighted by Gasteiger charge is -2.33. The van der Waals surface area contributed by atoms with Crippen molar-refractivity contribution in [2.24, 2.45) is 5.73 Å². The van der Waals surface area contributed by atoms with E-state index in [9.17, 15) is 0 Å². The number of hydrogen-bond acceptors (Lipinski definition) is 4. The Morgan fingerprint density at radius 3 is 2.93 bits per heavy atom. The van der Waals surface area contributed by atoms with Gasteiger partial charge in [0.25, 0.3) is 0 Å². The van der Waals surface area contributed by atoms with Crippen molar-refractivity contribution in [1.29, 1.82) is 0 Å². The summed E-state index contributed by atoms with van der Waals surface area (Å²) >= 11 is 1.72. The molecule has 1 atom stereocenters. The first kappa shape index (κ1) is 10.1. The van der Waals surface area contributed by atoms with E-state index < -0.39 is 0 Å². The summed E-state index contributed by atoms with van der Waals surface area (Å²) in [4.78, 5) is 6.82. The molecule has 2 N–H and O–H groups in total. The molecule has 1 aromatic heterocycles. The van der Waals surface area contributed by atoms with Crippen LogP contribution in [0.25, 0.3) is 0 Å². The molecule has 0 saturated carbocycles. The second-order valence-corrected chi connectivity index (χ2v) is 5.29. The fraction of sp³-hybridized carbons (Fsp3) is 0.700. The van der Waals surface area contributed by atoms with Crippen molar-refractivity contribution < 1.29 is 0 Å². The Labute approximate surface area is 88.9 Å². The van der Waals surface area contributed by atoms with Gasteiger partial charge in [-0.2, -0.15) is 0 Å². The fourth-order valence-corrected chi connectivity index (χ4v) is 2.75. The molecule has 1 fully saturated rings. The second kappa shape index (κ2) is 3.61. The topological polar surface area (TPSA) is 42.2 Å². The van der Waals surface area contributed by atoms with Crippen molar-refractivity contribution in [2.45, 2.75) is 31.8 Å². The van der Waals surface area contributed by atoms with Crippen molar-refractivity contribution in [2.75, 3.05) is 13.1 Å². The molecule has 2 rings (SSSR count). The average Bonchev–Trinajstić information content (AvgIpc) is 2.72. The standard InChI is InChI=1S/C10H17N3S/c1-10(2,9-12-4-6-14-9)13-5-3-8(11)7-13/h4,6,8H,3,5,7,11H2,1-2H3. The highest BCUT2D eigenvalue weighted by Crippen LogP contribution is 2.31. The van der Waals surface area contributed by atoms with E-state index in [1.165, 1.54) is 5.01 Å². The smallest absolute Gasteiger partial charge is 0.112 e. The predicted molar refractivity (Wildman–Crippen MR) is 59.3 cm³/mol. The lowest BCUT2D eigenvalue weighted by atomic mass is 10.1. The zero-order chi connectivity index (χ0) is 10.2. The molecule has 0 aromatic carbocycles. The van der Waals surface area contributed by atoms with E-state index in [0.717, 1.165) is 19.5 Å². The van der Waals surface area contributed by atoms with Gasteiger partial charge in [-0.05, 0) is 20.3 Å². The van der Waals surface area contributed by atoms with E-state index in [0.29, 0.717) is 6.04 Å². The maximum Gasteiger partial charge on any atom is 0.112 e. The van der Waals surface area contributed by atoms with Crippen molar-refractivity contribution in [3.63, 3.8) is 0 Å². The Balaban J connectivity index is 2.16. The molecule has 14 heavy (non-hydrogen) atoms. The van der Waals surface area contributed by atoms with Crippen molar-refractivity contribution in [3.05, 3.63) is 16.6 Å². The fourth-order valence-electron chi connectivity index (χ4n) is 1.96. The normalized spacial score (nSPS) is 24.4. The molecule has 1 saturated heterocycles. The SMILES string of the molecule is CC(C)(c1nccs1)N1CCC(N)C1. The van der Waals surface area contributed by atoms with Crippen LogP contribution in [-0.2, 0) is 5.54 Å². The quantitative estimate of drug-likeness (QED) is 0.804. The van der Waals surface area contributed by atoms with Gasteiger partial charge in [0, 0.05) is 30.7 Å². The van der Waals surface area contributed by atoms with E-state index >= 15 is 0 Å². The highest BCUT2D eigenvalue weighted by molar-refractivity contribution is 7.09. The highest BCUT2D eigenvalue weighted by atomic mass is 32.1. The van der Waals surface area contributed by atoms with Gasteiger partial charge in [-0.15, -0.1) is 11.3 Å². The molecule has 1 unspecified atom stereocenters. The number of nitrogens with two attached hydrogens (primary N) is 1. The Morgan fingerprint density at radius 2 is 2.43 bits per heavy atom. The van der Waals surface area contributed by atoms with E-state index in [1.54, 1.807) is 11.3 Å². The van der Waals surface area contributed by atoms with E-state index in [1.807, 2.05) is 11.6 Å². The first-order valence-electron chi connectivity index (χ1n) is 5.01. The summed E-state index contributed by atoms with van der Waals surface area (Å²) in [5.41, 5.74) is 5.96. The van der Waals surface area contributed by atoms with Gasteiger partial charge in [0.05, 0.1) is 5.54 Å². The first-order chi connectivity index (χ1) is 6.60. The average molecular weight is 211 g/mol. The molecule has 1 aromatic rings. The number of hydrogen-bond donors (Lipinski definition) is 1. The summed E-state index contributed by atoms with van der Waals surface area (Å²) in [5.74, 6) is 0. The molecule has 0 amide bonds. The van der Waals surface area contributed by atoms with Crippen LogP contribution in [0.5, 0.6) is 0 Å². The van der Waals surface area contributed by atoms with Crippen LogP contribution in [0.4, 0.5) is 0 Å². The van der Waals surface area contributed by atoms with Gasteiger partial charge < -0.3 is 5.73 Å². The van der Waals surface area contributed by atoms with Gasteiger partial charge in [0.2, 0.25) is 0 Å². The van der Waals surface area contributed by atoms with Gasteiger partial charge in [0.15, 0.2) is 0 Å². The van der Waals surface area contributed by atoms with Crippen molar-refractivity contribution in [3.8, 4) is 0 Å². The Hall–Kier alpha value is -0.450. The third kappa shape index (κ3) is 1.69. The molecule has 0 spiro atoms. The molecule has 0 aliphatic carbocycles. The Morgan fingerprint density at radius 1 is 1.64 bits per heavy atom. The van der Waals surface area contributed by atoms with Crippen LogP contribution in [0.3, 0.4) is 0 Å². The molecular formula is C10H17N3S. The third-order valence-electron chi connectivity index (χ3n) is 2.97. The zero-order valence-electron chi connectivity index (χ0n) is 8.73. The van der Waals surface area contributed by atoms with Crippen molar-refractivity contribution >= 4 is 11.3 Å². The molecular weight excluding hydrogens is 194 g/mol. The van der Waals surface area contributed by atoms with E-state index in [-0.39, 0.29) is 5.54 Å². The first-order valence-corrected chi connectivity index (χ1v) is 5.89. The van der Waals surface area contributed by atoms with Crippen LogP contribution in [-0.4, -0.2) is 29.0 Å². The second-order valence-electron chi connectivity index (χ2n) is 4.39. The summed E-state index contributed by atoms with van der Waals surface area (Å²) in [6.07, 6.45) is 2.98. The number of thiazole rings is 1. The van der Waals surface area contributed by atoms with Crippen LogP contribution < -0.4 is 5.73 Å². The minimum atomic E-state index is 0.0439. The molecule has 78 valence electrons. The van der Waals surface area contributed by atoms with Crippen LogP contribution in [0, 0.1) is 0 Å². The third-order valence-corrected chi connectivity index (χ3v) is 4.06. The molecule has 1 aliphatic heterocycles. The van der Waals surface area contributed by atoms with Crippen LogP contribution in [0.2, 0.25) is 0 Å². The highest BCUT2D eigenvalue weighted by Gasteiger charge is 2.35. The van der Waals surface area contributed by atoms with E-state index in [2.05, 4.69) is 23.7 Å². The summed E-state index contributed by atoms with van der Waals surface area (Å²) in [7, 11) is 0. The van der Waals surface area contributed by atoms with Gasteiger partial charge in [-0.3, -0.25) is 4.90 Å². The number of nitrogens with zero attached hydrogens (tertiary/aromatic N) is 2. The largest absolute Gasteiger partial charge is 0.326 e. The van der Waals surface area contributed by atoms with Gasteiger partial charge in [-0.25, -0.2) is 4.98 Å². The molecule has 3 nitrogen and oxygen atoms in total. The van der Waals surface area contributed by atoms with Crippen LogP contribution >= 0.6 is 11.3 Å². The Kier molecular flexibility index (Phi) is 2.60. The minimum absolute atomic E-state index is 0.0439. The zero-order valence-corrected chi connectivity index (χ0v) is 9.55. The lowest BCUT2D eigenvalue weighted by molar-refractivity contribution is 0.153. The number of likely N-dealkylation sites (tertiary alicyclic amines) is 1. The minimum Gasteiger partial charge on any atom is -0.326 e. The van der Waals surface area contributed by atoms with Gasteiger partial charge in [-0.1, -0.05) is 0 Å². The summed E-state index contributed by atoms with van der Waals surface area (Å²) in [6.45, 7) is 6.54. The molecule has 0 radical (unpaired) electrons. The van der Waals surface area contributed by atoms with Gasteiger partial charge in [0.1, 0.15) is 5.01 Å². The Bertz CT molecular complexity index is 294. The predicted octanol–water partition coefficient (Wildman–Crippen LogP) is 1.41. The molecule has 0 bridgehead atoms. The van der Waals surface area contributed by atoms with E-state index in [4.69, 9.17) is 5.73 Å². The maximum atomic E-state index is 5.92. The molecule has 1 aliphatic rings. The van der Waals surface area contributed by atoms with Crippen molar-refractivity contribution in [1.82, 2.24) is 9.88 Å². The van der Waals surface area contributed by atoms with Crippen LogP contribution in [0.1, 0.15) is 25.3 Å². The number of aromatic nitrogens is 1. The molecule has 4 heteroatoms. The summed E-state index contributed by atoms with van der Waals surface area (Å²) in [5, 5.41) is 3.22. The lowest BCUT2D eigenvalue weighted by Crippen LogP contribution is -2.41. The monoisotopic (exact) mass is 211 g/mol. The van der Waals surface area contributed by atoms with Gasteiger partial charge >= 0.3 is 0 Å². The summed E-state index contributed by atoms with van der Waals surface area (Å²) < 4.78 is 0. The van der Waals surface area contributed by atoms with Crippen LogP contribution in [0.15, 0.2) is 11.6 Å². The summed E-state index contributed by atoms with van der Waals surface area (Å²) in [6, 6.07) is 0.342. The molecule has 2 heterocycles. The number of rotatable bonds is 2.